The van der Waals surface area contributed by atoms with Gasteiger partial charge in [-0.3, -0.25) is 0 Å². The molecule has 0 saturated carbocycles. The number of benzene rings is 2. The molecule has 2 nitrogen and oxygen atoms in total. The Hall–Kier alpha value is -2.31. The smallest absolute Gasteiger partial charge is 0.128 e. The Labute approximate surface area is 124 Å². The fraction of sp³-hybridized carbons (Fsp3) is 0.222. The molecule has 0 atom stereocenters. The molecular weight excluding hydrogens is 267 g/mol. The molecule has 2 rings (SSSR count). The molecule has 0 radical (unpaired) electrons. The van der Waals surface area contributed by atoms with Crippen molar-refractivity contribution in [3.63, 3.8) is 0 Å². The maximum atomic E-state index is 13.5. The first-order chi connectivity index (χ1) is 10.2. The van der Waals surface area contributed by atoms with Crippen molar-refractivity contribution < 1.29 is 14.2 Å². The second kappa shape index (κ2) is 7.47. The van der Waals surface area contributed by atoms with E-state index in [1.807, 2.05) is 12.1 Å². The minimum Gasteiger partial charge on any atom is -0.489 e. The van der Waals surface area contributed by atoms with Crippen molar-refractivity contribution in [2.75, 3.05) is 6.61 Å². The summed E-state index contributed by atoms with van der Waals surface area (Å²) in [5, 5.41) is 8.66. The zero-order valence-electron chi connectivity index (χ0n) is 11.9. The van der Waals surface area contributed by atoms with E-state index in [0.29, 0.717) is 17.9 Å². The van der Waals surface area contributed by atoms with Crippen molar-refractivity contribution >= 4 is 0 Å². The molecule has 108 valence electrons. The normalized spacial score (nSPS) is 9.86. The van der Waals surface area contributed by atoms with Crippen molar-refractivity contribution in [2.24, 2.45) is 0 Å². The molecule has 2 aromatic carbocycles. The van der Waals surface area contributed by atoms with Gasteiger partial charge in [0, 0.05) is 11.6 Å². The molecular formula is C18H17FO2. The summed E-state index contributed by atoms with van der Waals surface area (Å²) in [5.41, 5.74) is 2.78. The van der Waals surface area contributed by atoms with Gasteiger partial charge in [-0.1, -0.05) is 43.0 Å². The molecule has 0 aliphatic carbocycles. The van der Waals surface area contributed by atoms with Crippen molar-refractivity contribution in [2.45, 2.75) is 20.0 Å². The average molecular weight is 284 g/mol. The predicted octanol–water partition coefficient (Wildman–Crippen LogP) is 3.31. The first kappa shape index (κ1) is 15.1. The predicted molar refractivity (Wildman–Crippen MR) is 80.5 cm³/mol. The Bertz CT molecular complexity index is 651. The third-order valence-corrected chi connectivity index (χ3v) is 3.02. The van der Waals surface area contributed by atoms with E-state index in [2.05, 4.69) is 30.9 Å². The quantitative estimate of drug-likeness (QED) is 0.873. The second-order valence-corrected chi connectivity index (χ2v) is 4.59. The molecule has 0 aliphatic heterocycles. The molecule has 0 bridgehead atoms. The number of aryl methyl sites for hydroxylation is 1. The lowest BCUT2D eigenvalue weighted by Crippen LogP contribution is -1.96. The molecule has 0 saturated heterocycles. The number of hydrogen-bond donors (Lipinski definition) is 1. The Balaban J connectivity index is 2.06. The third kappa shape index (κ3) is 4.62. The summed E-state index contributed by atoms with van der Waals surface area (Å²) in [6, 6.07) is 12.4. The Morgan fingerprint density at radius 2 is 1.81 bits per heavy atom. The van der Waals surface area contributed by atoms with Gasteiger partial charge in [-0.05, 0) is 29.7 Å². The fourth-order valence-electron chi connectivity index (χ4n) is 1.90. The molecule has 0 aromatic heterocycles. The molecule has 3 heteroatoms. The van der Waals surface area contributed by atoms with Crippen LogP contribution in [0.15, 0.2) is 42.5 Å². The van der Waals surface area contributed by atoms with Gasteiger partial charge < -0.3 is 9.84 Å². The van der Waals surface area contributed by atoms with Gasteiger partial charge in [-0.2, -0.15) is 0 Å². The van der Waals surface area contributed by atoms with Gasteiger partial charge in [-0.15, -0.1) is 0 Å². The minimum atomic E-state index is -0.406. The SMILES string of the molecule is CCc1ccc(COc2cc(F)cc(C#CCO)c2)cc1. The van der Waals surface area contributed by atoms with Crippen LogP contribution in [0.25, 0.3) is 0 Å². The maximum absolute atomic E-state index is 13.5. The Morgan fingerprint density at radius 3 is 2.48 bits per heavy atom. The lowest BCUT2D eigenvalue weighted by Gasteiger charge is -2.07. The van der Waals surface area contributed by atoms with E-state index in [-0.39, 0.29) is 6.61 Å². The molecule has 0 amide bonds. The standard InChI is InChI=1S/C18H17FO2/c1-2-14-5-7-15(8-6-14)13-21-18-11-16(4-3-9-20)10-17(19)12-18/h5-8,10-12,20H,2,9,13H2,1H3. The van der Waals surface area contributed by atoms with E-state index in [0.717, 1.165) is 12.0 Å². The second-order valence-electron chi connectivity index (χ2n) is 4.59. The Kier molecular flexibility index (Phi) is 5.36. The number of ether oxygens (including phenoxy) is 1. The summed E-state index contributed by atoms with van der Waals surface area (Å²) in [5.74, 6) is 5.18. The van der Waals surface area contributed by atoms with Crippen LogP contribution in [0.1, 0.15) is 23.6 Å². The van der Waals surface area contributed by atoms with Gasteiger partial charge >= 0.3 is 0 Å². The van der Waals surface area contributed by atoms with E-state index in [1.54, 1.807) is 6.07 Å². The molecule has 0 unspecified atom stereocenters. The van der Waals surface area contributed by atoms with Gasteiger partial charge in [0.15, 0.2) is 0 Å². The average Bonchev–Trinajstić information content (AvgIpc) is 2.51. The van der Waals surface area contributed by atoms with Crippen LogP contribution in [-0.4, -0.2) is 11.7 Å². The highest BCUT2D eigenvalue weighted by atomic mass is 19.1. The monoisotopic (exact) mass is 284 g/mol. The van der Waals surface area contributed by atoms with Crippen LogP contribution in [0.3, 0.4) is 0 Å². The summed E-state index contributed by atoms with van der Waals surface area (Å²) in [6.07, 6.45) is 0.998. The van der Waals surface area contributed by atoms with Gasteiger partial charge in [0.05, 0.1) is 0 Å². The summed E-state index contributed by atoms with van der Waals surface area (Å²) >= 11 is 0. The number of rotatable bonds is 4. The number of halogens is 1. The van der Waals surface area contributed by atoms with Crippen LogP contribution in [0.4, 0.5) is 4.39 Å². The van der Waals surface area contributed by atoms with E-state index >= 15 is 0 Å². The first-order valence-corrected chi connectivity index (χ1v) is 6.82. The summed E-state index contributed by atoms with van der Waals surface area (Å²) < 4.78 is 19.1. The number of aliphatic hydroxyl groups excluding tert-OH is 1. The van der Waals surface area contributed by atoms with Crippen LogP contribution in [0.2, 0.25) is 0 Å². The zero-order chi connectivity index (χ0) is 15.1. The lowest BCUT2D eigenvalue weighted by atomic mass is 10.1. The minimum absolute atomic E-state index is 0.253. The molecule has 0 aliphatic rings. The molecule has 0 heterocycles. The van der Waals surface area contributed by atoms with Crippen molar-refractivity contribution in [3.8, 4) is 17.6 Å². The highest BCUT2D eigenvalue weighted by Gasteiger charge is 2.01. The lowest BCUT2D eigenvalue weighted by molar-refractivity contribution is 0.304. The Morgan fingerprint density at radius 1 is 1.10 bits per heavy atom. The topological polar surface area (TPSA) is 29.5 Å². The van der Waals surface area contributed by atoms with E-state index in [1.165, 1.54) is 17.7 Å². The summed E-state index contributed by atoms with van der Waals surface area (Å²) in [4.78, 5) is 0. The maximum Gasteiger partial charge on any atom is 0.128 e. The van der Waals surface area contributed by atoms with Crippen LogP contribution < -0.4 is 4.74 Å². The van der Waals surface area contributed by atoms with Gasteiger partial charge in [0.1, 0.15) is 24.8 Å². The molecule has 2 aromatic rings. The summed E-state index contributed by atoms with van der Waals surface area (Å²) in [6.45, 7) is 2.23. The molecule has 1 N–H and O–H groups in total. The molecule has 21 heavy (non-hydrogen) atoms. The van der Waals surface area contributed by atoms with E-state index in [4.69, 9.17) is 9.84 Å². The van der Waals surface area contributed by atoms with Gasteiger partial charge in [0.2, 0.25) is 0 Å². The van der Waals surface area contributed by atoms with E-state index < -0.39 is 5.82 Å². The fourth-order valence-corrected chi connectivity index (χ4v) is 1.90. The number of aliphatic hydroxyl groups is 1. The van der Waals surface area contributed by atoms with Crippen LogP contribution in [0, 0.1) is 17.7 Å². The first-order valence-electron chi connectivity index (χ1n) is 6.82. The molecule has 0 fully saturated rings. The van der Waals surface area contributed by atoms with Crippen LogP contribution >= 0.6 is 0 Å². The van der Waals surface area contributed by atoms with Crippen LogP contribution in [0.5, 0.6) is 5.75 Å². The van der Waals surface area contributed by atoms with Crippen molar-refractivity contribution in [1.29, 1.82) is 0 Å². The van der Waals surface area contributed by atoms with E-state index in [9.17, 15) is 4.39 Å². The third-order valence-electron chi connectivity index (χ3n) is 3.02. The van der Waals surface area contributed by atoms with Gasteiger partial charge in [-0.25, -0.2) is 4.39 Å². The largest absolute Gasteiger partial charge is 0.489 e. The molecule has 0 spiro atoms. The summed E-state index contributed by atoms with van der Waals surface area (Å²) in [7, 11) is 0. The highest BCUT2D eigenvalue weighted by Crippen LogP contribution is 2.17. The van der Waals surface area contributed by atoms with Crippen LogP contribution in [-0.2, 0) is 13.0 Å². The zero-order valence-corrected chi connectivity index (χ0v) is 11.9. The van der Waals surface area contributed by atoms with Crippen molar-refractivity contribution in [3.05, 3.63) is 65.0 Å². The highest BCUT2D eigenvalue weighted by molar-refractivity contribution is 5.40. The van der Waals surface area contributed by atoms with Crippen molar-refractivity contribution in [1.82, 2.24) is 0 Å². The van der Waals surface area contributed by atoms with Gasteiger partial charge in [0.25, 0.3) is 0 Å². The number of hydrogen-bond acceptors (Lipinski definition) is 2.